The van der Waals surface area contributed by atoms with Gasteiger partial charge in [-0.2, -0.15) is 0 Å². The molecule has 0 fully saturated rings. The molecular weight excluding hydrogens is 322 g/mol. The van der Waals surface area contributed by atoms with E-state index in [2.05, 4.69) is 32.6 Å². The molecular formula is C19H42BrN. The average Bonchev–Trinajstić information content (AvgIpc) is 2.47. The third-order valence-electron chi connectivity index (χ3n) is 4.61. The minimum atomic E-state index is 0. The maximum Gasteiger partial charge on any atom is 0.00950 e. The van der Waals surface area contributed by atoms with Gasteiger partial charge in [0.2, 0.25) is 0 Å². The van der Waals surface area contributed by atoms with Crippen LogP contribution < -0.4 is 0 Å². The van der Waals surface area contributed by atoms with Crippen LogP contribution in [-0.2, 0) is 0 Å². The Morgan fingerprint density at radius 1 is 0.571 bits per heavy atom. The zero-order valence-electron chi connectivity index (χ0n) is 15.3. The van der Waals surface area contributed by atoms with Crippen molar-refractivity contribution >= 4 is 17.0 Å². The van der Waals surface area contributed by atoms with E-state index in [9.17, 15) is 0 Å². The Labute approximate surface area is 146 Å². The van der Waals surface area contributed by atoms with E-state index < -0.39 is 0 Å². The van der Waals surface area contributed by atoms with E-state index in [0.717, 1.165) is 6.04 Å². The van der Waals surface area contributed by atoms with Crippen LogP contribution in [0.2, 0.25) is 0 Å². The van der Waals surface area contributed by atoms with Gasteiger partial charge < -0.3 is 4.90 Å². The Morgan fingerprint density at radius 2 is 0.952 bits per heavy atom. The Morgan fingerprint density at radius 3 is 1.29 bits per heavy atom. The molecule has 130 valence electrons. The van der Waals surface area contributed by atoms with Gasteiger partial charge in [0.05, 0.1) is 0 Å². The fraction of sp³-hybridized carbons (Fsp3) is 1.00. The smallest absolute Gasteiger partial charge is 0.00950 e. The van der Waals surface area contributed by atoms with Gasteiger partial charge in [0.1, 0.15) is 0 Å². The molecule has 0 spiro atoms. The van der Waals surface area contributed by atoms with Crippen molar-refractivity contribution in [3.8, 4) is 0 Å². The molecule has 1 nitrogen and oxygen atoms in total. The molecule has 0 saturated heterocycles. The lowest BCUT2D eigenvalue weighted by Gasteiger charge is -2.30. The molecule has 0 heterocycles. The molecule has 0 radical (unpaired) electrons. The van der Waals surface area contributed by atoms with Gasteiger partial charge in [0, 0.05) is 6.04 Å². The van der Waals surface area contributed by atoms with Gasteiger partial charge in [-0.25, -0.2) is 0 Å². The number of unbranched alkanes of at least 4 members (excludes halogenated alkanes) is 8. The summed E-state index contributed by atoms with van der Waals surface area (Å²) in [6.07, 6.45) is 17.1. The second kappa shape index (κ2) is 18.5. The molecule has 0 amide bonds. The van der Waals surface area contributed by atoms with Gasteiger partial charge in [-0.15, -0.1) is 17.0 Å². The van der Waals surface area contributed by atoms with Crippen molar-refractivity contribution in [2.24, 2.45) is 0 Å². The van der Waals surface area contributed by atoms with Crippen molar-refractivity contribution in [3.05, 3.63) is 0 Å². The number of hydrogen-bond acceptors (Lipinski definition) is 1. The van der Waals surface area contributed by atoms with Crippen molar-refractivity contribution in [1.29, 1.82) is 0 Å². The van der Waals surface area contributed by atoms with Crippen molar-refractivity contribution in [3.63, 3.8) is 0 Å². The van der Waals surface area contributed by atoms with E-state index in [1.807, 2.05) is 0 Å². The van der Waals surface area contributed by atoms with Crippen LogP contribution >= 0.6 is 17.0 Å². The molecule has 0 aliphatic carbocycles. The molecule has 0 N–H and O–H groups in total. The van der Waals surface area contributed by atoms with E-state index >= 15 is 0 Å². The van der Waals surface area contributed by atoms with Crippen molar-refractivity contribution in [2.45, 2.75) is 111 Å². The Bertz CT molecular complexity index is 166. The summed E-state index contributed by atoms with van der Waals surface area (Å²) in [6.45, 7) is 11.7. The van der Waals surface area contributed by atoms with Crippen LogP contribution in [0, 0.1) is 0 Å². The SMILES string of the molecule is Br.CCCCCCCC(CCCCCCC)N(CC)CC. The lowest BCUT2D eigenvalue weighted by Crippen LogP contribution is -2.35. The first-order valence-corrected chi connectivity index (χ1v) is 9.54. The largest absolute Gasteiger partial charge is 0.301 e. The molecule has 0 bridgehead atoms. The molecule has 0 aromatic heterocycles. The van der Waals surface area contributed by atoms with Gasteiger partial charge in [0.15, 0.2) is 0 Å². The van der Waals surface area contributed by atoms with Crippen LogP contribution in [-0.4, -0.2) is 24.0 Å². The Kier molecular flexibility index (Phi) is 20.9. The van der Waals surface area contributed by atoms with Crippen LogP contribution in [0.25, 0.3) is 0 Å². The highest BCUT2D eigenvalue weighted by atomic mass is 79.9. The minimum Gasteiger partial charge on any atom is -0.301 e. The summed E-state index contributed by atoms with van der Waals surface area (Å²) in [5.74, 6) is 0. The zero-order chi connectivity index (χ0) is 15.1. The molecule has 0 aromatic carbocycles. The highest BCUT2D eigenvalue weighted by Gasteiger charge is 2.14. The monoisotopic (exact) mass is 363 g/mol. The molecule has 0 aliphatic rings. The van der Waals surface area contributed by atoms with Crippen LogP contribution in [0.5, 0.6) is 0 Å². The molecule has 0 aliphatic heterocycles. The summed E-state index contributed by atoms with van der Waals surface area (Å²) in [5, 5.41) is 0. The van der Waals surface area contributed by atoms with Crippen LogP contribution in [0.4, 0.5) is 0 Å². The normalized spacial score (nSPS) is 11.1. The van der Waals surface area contributed by atoms with Crippen LogP contribution in [0.15, 0.2) is 0 Å². The second-order valence-electron chi connectivity index (χ2n) is 6.28. The van der Waals surface area contributed by atoms with E-state index in [-0.39, 0.29) is 17.0 Å². The fourth-order valence-corrected chi connectivity index (χ4v) is 3.22. The maximum absolute atomic E-state index is 2.69. The van der Waals surface area contributed by atoms with E-state index in [1.165, 1.54) is 90.1 Å². The highest BCUT2D eigenvalue weighted by Crippen LogP contribution is 2.18. The molecule has 0 saturated carbocycles. The topological polar surface area (TPSA) is 3.24 Å². The summed E-state index contributed by atoms with van der Waals surface area (Å²) in [5.41, 5.74) is 0. The van der Waals surface area contributed by atoms with Gasteiger partial charge in [-0.1, -0.05) is 91.9 Å². The maximum atomic E-state index is 2.69. The lowest BCUT2D eigenvalue weighted by molar-refractivity contribution is 0.188. The summed E-state index contributed by atoms with van der Waals surface area (Å²) < 4.78 is 0. The van der Waals surface area contributed by atoms with Crippen molar-refractivity contribution < 1.29 is 0 Å². The standard InChI is InChI=1S/C19H41N.BrH/c1-5-9-11-13-15-17-19(20(7-3)8-4)18-16-14-12-10-6-2;/h19H,5-18H2,1-4H3;1H. The molecule has 2 heteroatoms. The average molecular weight is 364 g/mol. The summed E-state index contributed by atoms with van der Waals surface area (Å²) in [7, 11) is 0. The first-order chi connectivity index (χ1) is 9.79. The molecule has 0 unspecified atom stereocenters. The Hall–Kier alpha value is 0.440. The number of nitrogens with zero attached hydrogens (tertiary/aromatic N) is 1. The molecule has 0 aromatic rings. The lowest BCUT2D eigenvalue weighted by atomic mass is 9.99. The predicted molar refractivity (Wildman–Crippen MR) is 104 cm³/mol. The van der Waals surface area contributed by atoms with E-state index in [1.54, 1.807) is 0 Å². The Balaban J connectivity index is 0. The molecule has 21 heavy (non-hydrogen) atoms. The predicted octanol–water partition coefficient (Wildman–Crippen LogP) is 7.00. The van der Waals surface area contributed by atoms with Crippen LogP contribution in [0.3, 0.4) is 0 Å². The molecule has 0 atom stereocenters. The third kappa shape index (κ3) is 13.8. The van der Waals surface area contributed by atoms with E-state index in [4.69, 9.17) is 0 Å². The summed E-state index contributed by atoms with van der Waals surface area (Å²) in [6, 6.07) is 0.855. The molecule has 0 rings (SSSR count). The zero-order valence-corrected chi connectivity index (χ0v) is 17.0. The minimum absolute atomic E-state index is 0. The van der Waals surface area contributed by atoms with Crippen LogP contribution in [0.1, 0.15) is 105 Å². The number of rotatable bonds is 15. The first-order valence-electron chi connectivity index (χ1n) is 9.54. The van der Waals surface area contributed by atoms with Crippen molar-refractivity contribution in [2.75, 3.05) is 13.1 Å². The first kappa shape index (κ1) is 23.7. The summed E-state index contributed by atoms with van der Waals surface area (Å²) in [4.78, 5) is 2.69. The second-order valence-corrected chi connectivity index (χ2v) is 6.28. The van der Waals surface area contributed by atoms with Gasteiger partial charge in [-0.05, 0) is 25.9 Å². The number of halogens is 1. The van der Waals surface area contributed by atoms with Crippen molar-refractivity contribution in [1.82, 2.24) is 4.90 Å². The fourth-order valence-electron chi connectivity index (χ4n) is 3.22. The number of hydrogen-bond donors (Lipinski definition) is 0. The van der Waals surface area contributed by atoms with Gasteiger partial charge in [-0.3, -0.25) is 0 Å². The third-order valence-corrected chi connectivity index (χ3v) is 4.61. The quantitative estimate of drug-likeness (QED) is 0.283. The highest BCUT2D eigenvalue weighted by molar-refractivity contribution is 8.93. The van der Waals surface area contributed by atoms with E-state index in [0.29, 0.717) is 0 Å². The van der Waals surface area contributed by atoms with Gasteiger partial charge in [0.25, 0.3) is 0 Å². The summed E-state index contributed by atoms with van der Waals surface area (Å²) >= 11 is 0. The van der Waals surface area contributed by atoms with Gasteiger partial charge >= 0.3 is 0 Å².